The summed E-state index contributed by atoms with van der Waals surface area (Å²) in [5.74, 6) is -3.81. The SMILES string of the molecule is O=S(=O)([O-])OCCN=c1c(S(=O)(=O)CCOS(=O)(=O)[O-])cc2nc3c(Cl)c4c(c(Cl)c3oc-2c1S(=O)(=O)CCOS(=O)(=O)[O-])Nc1ccc(NCCOS(=O)(=O)[O-])cc1O4.[K+].[K+].[K+].[K+]. The molecule has 0 amide bonds. The van der Waals surface area contributed by atoms with E-state index in [1.54, 1.807) is 0 Å². The van der Waals surface area contributed by atoms with E-state index in [-0.39, 0.29) is 235 Å². The van der Waals surface area contributed by atoms with Crippen LogP contribution in [0, 0.1) is 0 Å². The minimum absolute atomic E-state index is 0. The molecule has 2 aromatic carbocycles. The topological polar surface area (TPSA) is 406 Å². The van der Waals surface area contributed by atoms with Crippen molar-refractivity contribution in [1.82, 2.24) is 4.98 Å². The molecule has 332 valence electrons. The summed E-state index contributed by atoms with van der Waals surface area (Å²) in [6, 6.07) is 4.99. The van der Waals surface area contributed by atoms with Crippen molar-refractivity contribution < 1.29 is 300 Å². The van der Waals surface area contributed by atoms with Gasteiger partial charge in [0.25, 0.3) is 0 Å². The predicted octanol–water partition coefficient (Wildman–Crippen LogP) is -12.1. The maximum absolute atomic E-state index is 14.0. The molecule has 0 radical (unpaired) electrons. The number of anilines is 3. The minimum atomic E-state index is -5.50. The number of rotatable bonds is 19. The van der Waals surface area contributed by atoms with Gasteiger partial charge >= 0.3 is 206 Å². The van der Waals surface area contributed by atoms with Crippen molar-refractivity contribution in [3.63, 3.8) is 0 Å². The molecule has 0 spiro atoms. The van der Waals surface area contributed by atoms with Gasteiger partial charge in [-0.25, -0.2) is 55.5 Å². The molecule has 38 heteroatoms. The van der Waals surface area contributed by atoms with Crippen molar-refractivity contribution >= 4 is 113 Å². The van der Waals surface area contributed by atoms with Crippen molar-refractivity contribution in [1.29, 1.82) is 0 Å². The van der Waals surface area contributed by atoms with Crippen molar-refractivity contribution in [2.45, 2.75) is 9.79 Å². The number of hydrogen-bond donors (Lipinski definition) is 2. The van der Waals surface area contributed by atoms with Crippen LogP contribution in [0.5, 0.6) is 11.5 Å². The maximum atomic E-state index is 14.0. The Balaban J connectivity index is 0.00000512. The van der Waals surface area contributed by atoms with E-state index in [1.807, 2.05) is 0 Å². The first kappa shape index (κ1) is 65.0. The molecule has 0 bridgehead atoms. The summed E-state index contributed by atoms with van der Waals surface area (Å²) in [6.07, 6.45) is 0. The zero-order chi connectivity index (χ0) is 44.6. The van der Waals surface area contributed by atoms with E-state index >= 15 is 0 Å². The fraction of sp³-hybridized carbons (Fsp3) is 0.308. The van der Waals surface area contributed by atoms with Crippen molar-refractivity contribution in [3.05, 3.63) is 39.7 Å². The normalized spacial score (nSPS) is 13.2. The second kappa shape index (κ2) is 26.3. The summed E-state index contributed by atoms with van der Waals surface area (Å²) in [4.78, 5) is 5.69. The standard InChI is InChI=1S/C26H26Cl2N4O22S6.4K/c27-18-22-25(19(28)21-24(18)53-16-11-13(1-2-14(16)31-21)29-3-5-49-57(37,38)39)54-23-15(32-22)12-17(55(33,34)9-7-51-59(43,44)45)20(30-4-6-50-58(40,41)42)26(23)56(35,36)10-8-52-60(46,47)48;;;;/h1-2,11-12,29,31H,3-10H2,(H,37,38,39)(H,40,41,42)(H,43,44,45)(H,46,47,48);;;;/q;4*+1/p-4. The number of fused-ring (bicyclic) bond motifs is 4. The summed E-state index contributed by atoms with van der Waals surface area (Å²) < 4.78 is 215. The Labute approximate surface area is 545 Å². The van der Waals surface area contributed by atoms with Crippen LogP contribution in [-0.2, 0) is 78.0 Å². The summed E-state index contributed by atoms with van der Waals surface area (Å²) in [7, 11) is -31.5. The fourth-order valence-corrected chi connectivity index (χ4v) is 9.73. The number of sulfone groups is 2. The molecule has 5 rings (SSSR count). The first-order valence-corrected chi connectivity index (χ1v) is 25.0. The second-order valence-corrected chi connectivity index (χ2v) is 20.5. The average molecular weight is 1160 g/mol. The van der Waals surface area contributed by atoms with E-state index in [4.69, 9.17) is 32.4 Å². The van der Waals surface area contributed by atoms with Crippen LogP contribution < -0.4 is 226 Å². The number of nitrogens with zero attached hydrogens (tertiary/aromatic N) is 2. The van der Waals surface area contributed by atoms with Crippen LogP contribution in [0.25, 0.3) is 22.6 Å². The fourth-order valence-electron chi connectivity index (χ4n) is 5.11. The first-order valence-electron chi connectivity index (χ1n) is 15.6. The molecule has 0 unspecified atom stereocenters. The van der Waals surface area contributed by atoms with Crippen LogP contribution in [0.3, 0.4) is 0 Å². The van der Waals surface area contributed by atoms with E-state index in [0.29, 0.717) is 11.8 Å². The van der Waals surface area contributed by atoms with Crippen LogP contribution in [0.15, 0.2) is 43.5 Å². The third-order valence-electron chi connectivity index (χ3n) is 7.37. The third kappa shape index (κ3) is 18.5. The summed E-state index contributed by atoms with van der Waals surface area (Å²) >= 11 is 13.4. The molecule has 26 nitrogen and oxygen atoms in total. The smallest absolute Gasteiger partial charge is 0.726 e. The average Bonchev–Trinajstić information content (AvgIpc) is 3.10. The summed E-state index contributed by atoms with van der Waals surface area (Å²) in [5.41, 5.74) is -1.16. The second-order valence-electron chi connectivity index (χ2n) is 11.4. The van der Waals surface area contributed by atoms with Crippen LogP contribution in [0.2, 0.25) is 10.0 Å². The Kier molecular flexibility index (Phi) is 26.7. The van der Waals surface area contributed by atoms with Crippen LogP contribution in [0.4, 0.5) is 17.1 Å². The zero-order valence-corrected chi connectivity index (χ0v) is 52.0. The Hall–Kier alpha value is 2.97. The Morgan fingerprint density at radius 2 is 1.23 bits per heavy atom. The molecule has 0 saturated heterocycles. The van der Waals surface area contributed by atoms with E-state index in [2.05, 4.69) is 37.3 Å². The molecule has 0 fully saturated rings. The number of halogens is 2. The van der Waals surface area contributed by atoms with Gasteiger partial charge in [0.1, 0.15) is 31.8 Å². The van der Waals surface area contributed by atoms with Crippen molar-refractivity contribution in [2.75, 3.05) is 61.7 Å². The number of aromatic nitrogens is 1. The van der Waals surface area contributed by atoms with E-state index in [1.165, 1.54) is 18.2 Å². The van der Waals surface area contributed by atoms with Gasteiger partial charge in [0, 0.05) is 18.3 Å². The molecule has 0 saturated carbocycles. The molecule has 2 aromatic rings. The van der Waals surface area contributed by atoms with Crippen LogP contribution >= 0.6 is 23.2 Å². The summed E-state index contributed by atoms with van der Waals surface area (Å²) in [6.45, 7) is -5.45. The van der Waals surface area contributed by atoms with Gasteiger partial charge in [-0.15, -0.1) is 0 Å². The molecular formula is C26H22Cl2K4N4O22S6. The molecule has 0 atom stereocenters. The van der Waals surface area contributed by atoms with Gasteiger partial charge in [-0.1, -0.05) is 23.2 Å². The molecule has 64 heavy (non-hydrogen) atoms. The van der Waals surface area contributed by atoms with Gasteiger partial charge in [-0.05, 0) is 18.2 Å². The zero-order valence-electron chi connectivity index (χ0n) is 33.0. The molecule has 2 heterocycles. The molecule has 1 aliphatic carbocycles. The third-order valence-corrected chi connectivity index (χ3v) is 13.3. The molecule has 0 aromatic heterocycles. The van der Waals surface area contributed by atoms with Gasteiger partial charge in [0.2, 0.25) is 41.6 Å². The van der Waals surface area contributed by atoms with E-state index in [9.17, 15) is 68.7 Å². The van der Waals surface area contributed by atoms with Gasteiger partial charge in [-0.2, -0.15) is 0 Å². The van der Waals surface area contributed by atoms with Gasteiger partial charge < -0.3 is 38.0 Å². The Morgan fingerprint density at radius 1 is 0.703 bits per heavy atom. The minimum Gasteiger partial charge on any atom is -0.726 e. The molecular weight excluding hydrogens is 1140 g/mol. The molecule has 2 N–H and O–H groups in total. The van der Waals surface area contributed by atoms with E-state index in [0.717, 1.165) is 0 Å². The number of nitrogens with one attached hydrogen (secondary N) is 2. The van der Waals surface area contributed by atoms with Gasteiger partial charge in [0.05, 0.1) is 60.4 Å². The van der Waals surface area contributed by atoms with Crippen molar-refractivity contribution in [2.24, 2.45) is 4.99 Å². The Bertz CT molecular complexity index is 3110. The quantitative estimate of drug-likeness (QED) is 0.0255. The largest absolute Gasteiger partial charge is 1.00 e. The number of hydrogen-bond acceptors (Lipinski definition) is 26. The number of benzene rings is 3. The maximum Gasteiger partial charge on any atom is 1.00 e. The Morgan fingerprint density at radius 3 is 1.80 bits per heavy atom. The van der Waals surface area contributed by atoms with Crippen molar-refractivity contribution in [3.8, 4) is 23.0 Å². The van der Waals surface area contributed by atoms with Gasteiger partial charge in [-0.3, -0.25) is 21.7 Å². The summed E-state index contributed by atoms with van der Waals surface area (Å²) in [5, 5.41) is 3.80. The van der Waals surface area contributed by atoms with Gasteiger partial charge in [0.15, 0.2) is 42.5 Å². The number of ether oxygens (including phenoxy) is 1. The van der Waals surface area contributed by atoms with E-state index < -0.39 is 153 Å². The van der Waals surface area contributed by atoms with Crippen LogP contribution in [-0.4, -0.2) is 125 Å². The first-order chi connectivity index (χ1) is 27.6. The predicted molar refractivity (Wildman–Crippen MR) is 196 cm³/mol. The monoisotopic (exact) mass is 1160 g/mol. The molecule has 2 aliphatic heterocycles. The van der Waals surface area contributed by atoms with Crippen LogP contribution in [0.1, 0.15) is 0 Å². The molecule has 3 aliphatic rings.